The number of amides is 1. The summed E-state index contributed by atoms with van der Waals surface area (Å²) < 4.78 is 2.08. The van der Waals surface area contributed by atoms with Crippen LogP contribution in [0.1, 0.15) is 23.0 Å². The summed E-state index contributed by atoms with van der Waals surface area (Å²) in [7, 11) is 1.52. The van der Waals surface area contributed by atoms with Gasteiger partial charge in [-0.05, 0) is 30.7 Å². The van der Waals surface area contributed by atoms with E-state index in [2.05, 4.69) is 31.6 Å². The summed E-state index contributed by atoms with van der Waals surface area (Å²) in [6.45, 7) is 1.80. The van der Waals surface area contributed by atoms with Crippen molar-refractivity contribution in [3.63, 3.8) is 0 Å². The molecule has 0 bridgehead atoms. The molecular weight excluding hydrogens is 384 g/mol. The topological polar surface area (TPSA) is 76.3 Å². The number of benzene rings is 2. The molecule has 1 N–H and O–H groups in total. The van der Waals surface area contributed by atoms with E-state index in [1.165, 1.54) is 7.05 Å². The fourth-order valence-electron chi connectivity index (χ4n) is 2.43. The van der Waals surface area contributed by atoms with Gasteiger partial charge in [-0.25, -0.2) is 10.1 Å². The number of aromatic nitrogens is 2. The number of carbonyl (C=O) groups is 1. The Morgan fingerprint density at radius 1 is 1.16 bits per heavy atom. The molecule has 7 heteroatoms. The van der Waals surface area contributed by atoms with Crippen molar-refractivity contribution in [2.75, 3.05) is 0 Å². The SMILES string of the molecule is C/C(=N/NC(=O)c1nn(C)c(=O)c2ccccc12)c1cccc(Br)c1. The van der Waals surface area contributed by atoms with Crippen LogP contribution in [0.4, 0.5) is 0 Å². The van der Waals surface area contributed by atoms with Crippen molar-refractivity contribution in [1.29, 1.82) is 0 Å². The average Bonchev–Trinajstić information content (AvgIpc) is 2.62. The van der Waals surface area contributed by atoms with Crippen molar-refractivity contribution in [2.24, 2.45) is 12.1 Å². The minimum atomic E-state index is -0.471. The number of nitrogens with one attached hydrogen (secondary N) is 1. The molecule has 126 valence electrons. The van der Waals surface area contributed by atoms with Crippen molar-refractivity contribution >= 4 is 38.3 Å². The first kappa shape index (κ1) is 17.0. The molecule has 1 aromatic heterocycles. The average molecular weight is 399 g/mol. The summed E-state index contributed by atoms with van der Waals surface area (Å²) in [5.74, 6) is -0.471. The second-order valence-corrected chi connectivity index (χ2v) is 6.39. The second kappa shape index (κ2) is 6.98. The Morgan fingerprint density at radius 2 is 1.88 bits per heavy atom. The minimum Gasteiger partial charge on any atom is -0.267 e. The second-order valence-electron chi connectivity index (χ2n) is 5.47. The highest BCUT2D eigenvalue weighted by Crippen LogP contribution is 2.14. The van der Waals surface area contributed by atoms with Crippen molar-refractivity contribution < 1.29 is 4.79 Å². The van der Waals surface area contributed by atoms with Crippen LogP contribution in [0.5, 0.6) is 0 Å². The Hall–Kier alpha value is -2.80. The molecular formula is C18H15BrN4O2. The quantitative estimate of drug-likeness (QED) is 0.544. The van der Waals surface area contributed by atoms with E-state index < -0.39 is 5.91 Å². The smallest absolute Gasteiger partial charge is 0.267 e. The number of carbonyl (C=O) groups excluding carboxylic acids is 1. The van der Waals surface area contributed by atoms with E-state index in [4.69, 9.17) is 0 Å². The van der Waals surface area contributed by atoms with E-state index in [1.807, 2.05) is 24.3 Å². The van der Waals surface area contributed by atoms with Crippen LogP contribution in [-0.4, -0.2) is 21.4 Å². The van der Waals surface area contributed by atoms with Crippen LogP contribution in [0.3, 0.4) is 0 Å². The van der Waals surface area contributed by atoms with E-state index in [0.717, 1.165) is 14.7 Å². The third-order valence-corrected chi connectivity index (χ3v) is 4.23. The maximum absolute atomic E-state index is 12.5. The zero-order valence-corrected chi connectivity index (χ0v) is 15.2. The van der Waals surface area contributed by atoms with Crippen LogP contribution in [0.25, 0.3) is 10.8 Å². The normalized spacial score (nSPS) is 11.6. The zero-order valence-electron chi connectivity index (χ0n) is 13.7. The summed E-state index contributed by atoms with van der Waals surface area (Å²) in [6, 6.07) is 14.5. The molecule has 1 heterocycles. The molecule has 3 aromatic rings. The molecule has 1 amide bonds. The van der Waals surface area contributed by atoms with Gasteiger partial charge in [0.15, 0.2) is 5.69 Å². The number of nitrogens with zero attached hydrogens (tertiary/aromatic N) is 3. The Labute approximate surface area is 152 Å². The number of halogens is 1. The summed E-state index contributed by atoms with van der Waals surface area (Å²) in [5.41, 5.74) is 3.96. The van der Waals surface area contributed by atoms with Gasteiger partial charge in [0.2, 0.25) is 0 Å². The first-order valence-corrected chi connectivity index (χ1v) is 8.33. The first-order valence-electron chi connectivity index (χ1n) is 7.54. The molecule has 0 aliphatic rings. The van der Waals surface area contributed by atoms with E-state index in [1.54, 1.807) is 31.2 Å². The number of aryl methyl sites for hydroxylation is 1. The fraction of sp³-hybridized carbons (Fsp3) is 0.111. The van der Waals surface area contributed by atoms with Crippen molar-refractivity contribution in [1.82, 2.24) is 15.2 Å². The highest BCUT2D eigenvalue weighted by molar-refractivity contribution is 9.10. The van der Waals surface area contributed by atoms with Crippen LogP contribution < -0.4 is 11.0 Å². The molecule has 0 unspecified atom stereocenters. The molecule has 0 saturated carbocycles. The highest BCUT2D eigenvalue weighted by Gasteiger charge is 2.15. The van der Waals surface area contributed by atoms with Crippen LogP contribution in [0.2, 0.25) is 0 Å². The van der Waals surface area contributed by atoms with E-state index >= 15 is 0 Å². The lowest BCUT2D eigenvalue weighted by atomic mass is 10.1. The lowest BCUT2D eigenvalue weighted by molar-refractivity contribution is 0.0949. The van der Waals surface area contributed by atoms with E-state index in [0.29, 0.717) is 16.5 Å². The molecule has 25 heavy (non-hydrogen) atoms. The number of hydrazone groups is 1. The predicted octanol–water partition coefficient (Wildman–Crippen LogP) is 2.85. The lowest BCUT2D eigenvalue weighted by Gasteiger charge is -2.07. The van der Waals surface area contributed by atoms with Gasteiger partial charge in [-0.1, -0.05) is 46.3 Å². The number of hydrogen-bond donors (Lipinski definition) is 1. The van der Waals surface area contributed by atoms with Gasteiger partial charge in [0, 0.05) is 16.9 Å². The van der Waals surface area contributed by atoms with E-state index in [9.17, 15) is 9.59 Å². The minimum absolute atomic E-state index is 0.156. The van der Waals surface area contributed by atoms with Crippen LogP contribution in [-0.2, 0) is 7.05 Å². The number of hydrogen-bond acceptors (Lipinski definition) is 4. The Morgan fingerprint density at radius 3 is 2.60 bits per heavy atom. The zero-order chi connectivity index (χ0) is 18.0. The number of rotatable bonds is 3. The molecule has 0 radical (unpaired) electrons. The summed E-state index contributed by atoms with van der Waals surface area (Å²) in [4.78, 5) is 24.6. The van der Waals surface area contributed by atoms with Crippen LogP contribution in [0.15, 0.2) is 62.9 Å². The molecule has 0 spiro atoms. The van der Waals surface area contributed by atoms with Crippen LogP contribution in [0, 0.1) is 0 Å². The molecule has 0 aliphatic carbocycles. The Balaban J connectivity index is 1.94. The predicted molar refractivity (Wildman–Crippen MR) is 101 cm³/mol. The fourth-order valence-corrected chi connectivity index (χ4v) is 2.83. The monoisotopic (exact) mass is 398 g/mol. The molecule has 0 atom stereocenters. The molecule has 6 nitrogen and oxygen atoms in total. The van der Waals surface area contributed by atoms with Gasteiger partial charge in [0.05, 0.1) is 11.1 Å². The maximum Gasteiger partial charge on any atom is 0.292 e. The van der Waals surface area contributed by atoms with Crippen molar-refractivity contribution in [3.8, 4) is 0 Å². The summed E-state index contributed by atoms with van der Waals surface area (Å²) >= 11 is 3.40. The van der Waals surface area contributed by atoms with Gasteiger partial charge in [0.25, 0.3) is 11.5 Å². The van der Waals surface area contributed by atoms with Crippen molar-refractivity contribution in [2.45, 2.75) is 6.92 Å². The molecule has 0 saturated heterocycles. The van der Waals surface area contributed by atoms with Gasteiger partial charge in [0.1, 0.15) is 0 Å². The van der Waals surface area contributed by atoms with Gasteiger partial charge in [-0.15, -0.1) is 0 Å². The standard InChI is InChI=1S/C18H15BrN4O2/c1-11(12-6-5-7-13(19)10-12)20-21-17(24)16-14-8-3-4-9-15(14)18(25)23(2)22-16/h3-10H,1-2H3,(H,21,24)/b20-11-. The third-order valence-electron chi connectivity index (χ3n) is 3.74. The van der Waals surface area contributed by atoms with Gasteiger partial charge in [-0.2, -0.15) is 10.2 Å². The number of fused-ring (bicyclic) bond motifs is 1. The molecule has 2 aromatic carbocycles. The maximum atomic E-state index is 12.5. The summed E-state index contributed by atoms with van der Waals surface area (Å²) in [5, 5.41) is 9.16. The molecule has 0 fully saturated rings. The van der Waals surface area contributed by atoms with Crippen molar-refractivity contribution in [3.05, 3.63) is 74.6 Å². The Kier molecular flexibility index (Phi) is 4.76. The van der Waals surface area contributed by atoms with Gasteiger partial charge >= 0.3 is 0 Å². The molecule has 0 aliphatic heterocycles. The van der Waals surface area contributed by atoms with Crippen LogP contribution >= 0.6 is 15.9 Å². The van der Waals surface area contributed by atoms with E-state index in [-0.39, 0.29) is 11.3 Å². The van der Waals surface area contributed by atoms with Gasteiger partial charge < -0.3 is 0 Å². The highest BCUT2D eigenvalue weighted by atomic mass is 79.9. The Bertz CT molecular complexity index is 1060. The summed E-state index contributed by atoms with van der Waals surface area (Å²) in [6.07, 6.45) is 0. The first-order chi connectivity index (χ1) is 12.0. The third kappa shape index (κ3) is 3.51. The molecule has 3 rings (SSSR count). The lowest BCUT2D eigenvalue weighted by Crippen LogP contribution is -2.27. The van der Waals surface area contributed by atoms with Gasteiger partial charge in [-0.3, -0.25) is 9.59 Å². The largest absolute Gasteiger partial charge is 0.292 e.